The van der Waals surface area contributed by atoms with E-state index < -0.39 is 0 Å². The van der Waals surface area contributed by atoms with Gasteiger partial charge in [-0.1, -0.05) is 43.7 Å². The third kappa shape index (κ3) is 3.60. The van der Waals surface area contributed by atoms with E-state index >= 15 is 0 Å². The van der Waals surface area contributed by atoms with E-state index in [1.807, 2.05) is 6.07 Å². The first kappa shape index (κ1) is 10.3. The van der Waals surface area contributed by atoms with E-state index in [1.54, 1.807) is 0 Å². The van der Waals surface area contributed by atoms with Gasteiger partial charge in [-0.3, -0.25) is 0 Å². The van der Waals surface area contributed by atoms with E-state index in [4.69, 9.17) is 5.11 Å². The normalized spacial score (nSPS) is 12.8. The average Bonchev–Trinajstić information content (AvgIpc) is 2.21. The molecule has 1 nitrogen and oxygen atoms in total. The lowest BCUT2D eigenvalue weighted by molar-refractivity contribution is 0.215. The predicted octanol–water partition coefficient (Wildman–Crippen LogP) is 2.64. The van der Waals surface area contributed by atoms with Gasteiger partial charge in [-0.15, -0.1) is 0 Å². The van der Waals surface area contributed by atoms with Gasteiger partial charge in [-0.25, -0.2) is 0 Å². The highest BCUT2D eigenvalue weighted by atomic mass is 16.3. The largest absolute Gasteiger partial charge is 0.396 e. The molecule has 0 heterocycles. The van der Waals surface area contributed by atoms with Crippen LogP contribution in [-0.2, 0) is 6.42 Å². The average molecular weight is 178 g/mol. The molecule has 1 aromatic rings. The Morgan fingerprint density at radius 3 is 2.46 bits per heavy atom. The predicted molar refractivity (Wildman–Crippen MR) is 55.6 cm³/mol. The summed E-state index contributed by atoms with van der Waals surface area (Å²) in [7, 11) is 0. The fourth-order valence-electron chi connectivity index (χ4n) is 1.44. The third-order valence-corrected chi connectivity index (χ3v) is 2.52. The van der Waals surface area contributed by atoms with Crippen LogP contribution in [0, 0.1) is 5.92 Å². The number of hydrogen-bond donors (Lipinski definition) is 1. The Kier molecular flexibility index (Phi) is 4.55. The fourth-order valence-corrected chi connectivity index (χ4v) is 1.44. The Labute approximate surface area is 80.4 Å². The maximum Gasteiger partial charge on any atom is 0.0459 e. The summed E-state index contributed by atoms with van der Waals surface area (Å²) in [5.41, 5.74) is 1.37. The number of aliphatic hydroxyl groups is 1. The second-order valence-electron chi connectivity index (χ2n) is 3.48. The van der Waals surface area contributed by atoms with Crippen molar-refractivity contribution in [2.45, 2.75) is 26.2 Å². The summed E-state index contributed by atoms with van der Waals surface area (Å²) in [5, 5.41) is 9.00. The Morgan fingerprint density at radius 2 is 1.92 bits per heavy atom. The summed E-state index contributed by atoms with van der Waals surface area (Å²) < 4.78 is 0. The van der Waals surface area contributed by atoms with Gasteiger partial charge in [0.05, 0.1) is 0 Å². The Balaban J connectivity index is 2.34. The third-order valence-electron chi connectivity index (χ3n) is 2.52. The number of rotatable bonds is 5. The lowest BCUT2D eigenvalue weighted by Crippen LogP contribution is -2.05. The van der Waals surface area contributed by atoms with Crippen molar-refractivity contribution in [3.63, 3.8) is 0 Å². The Morgan fingerprint density at radius 1 is 1.23 bits per heavy atom. The highest BCUT2D eigenvalue weighted by Gasteiger charge is 2.03. The van der Waals surface area contributed by atoms with Crippen LogP contribution in [0.3, 0.4) is 0 Å². The molecule has 0 unspecified atom stereocenters. The maximum absolute atomic E-state index is 9.00. The van der Waals surface area contributed by atoms with Gasteiger partial charge in [-0.05, 0) is 24.3 Å². The molecule has 0 aromatic heterocycles. The van der Waals surface area contributed by atoms with Crippen LogP contribution >= 0.6 is 0 Å². The lowest BCUT2D eigenvalue weighted by atomic mass is 9.98. The van der Waals surface area contributed by atoms with E-state index in [9.17, 15) is 0 Å². The molecule has 0 saturated heterocycles. The molecule has 1 rings (SSSR count). The first-order valence-corrected chi connectivity index (χ1v) is 5.01. The molecule has 0 bridgehead atoms. The van der Waals surface area contributed by atoms with Crippen molar-refractivity contribution in [1.29, 1.82) is 0 Å². The molecule has 13 heavy (non-hydrogen) atoms. The smallest absolute Gasteiger partial charge is 0.0459 e. The number of benzene rings is 1. The molecule has 1 heteroatoms. The SMILES string of the molecule is CC[C@@H](CO)CCc1ccccc1. The topological polar surface area (TPSA) is 20.2 Å². The van der Waals surface area contributed by atoms with Crippen molar-refractivity contribution >= 4 is 0 Å². The maximum atomic E-state index is 9.00. The highest BCUT2D eigenvalue weighted by Crippen LogP contribution is 2.11. The number of hydrogen-bond acceptors (Lipinski definition) is 1. The van der Waals surface area contributed by atoms with Crippen LogP contribution in [0.2, 0.25) is 0 Å². The van der Waals surface area contributed by atoms with Gasteiger partial charge >= 0.3 is 0 Å². The Hall–Kier alpha value is -0.820. The molecule has 0 radical (unpaired) electrons. The second-order valence-corrected chi connectivity index (χ2v) is 3.48. The molecule has 1 atom stereocenters. The summed E-state index contributed by atoms with van der Waals surface area (Å²) in [5.74, 6) is 0.472. The standard InChI is InChI=1S/C12H18O/c1-2-11(10-13)8-9-12-6-4-3-5-7-12/h3-7,11,13H,2,8-10H2,1H3/t11-/m1/s1. The molecule has 1 aromatic carbocycles. The van der Waals surface area contributed by atoms with Crippen molar-refractivity contribution in [3.8, 4) is 0 Å². The summed E-state index contributed by atoms with van der Waals surface area (Å²) in [6.07, 6.45) is 3.25. The summed E-state index contributed by atoms with van der Waals surface area (Å²) in [6, 6.07) is 10.4. The number of aliphatic hydroxyl groups excluding tert-OH is 1. The molecule has 72 valence electrons. The summed E-state index contributed by atoms with van der Waals surface area (Å²) in [6.45, 7) is 2.45. The molecule has 0 aliphatic rings. The zero-order chi connectivity index (χ0) is 9.52. The van der Waals surface area contributed by atoms with Gasteiger partial charge in [-0.2, -0.15) is 0 Å². The summed E-state index contributed by atoms with van der Waals surface area (Å²) >= 11 is 0. The molecule has 1 N–H and O–H groups in total. The van der Waals surface area contributed by atoms with Gasteiger partial charge in [0.1, 0.15) is 0 Å². The van der Waals surface area contributed by atoms with Crippen molar-refractivity contribution in [2.24, 2.45) is 5.92 Å². The highest BCUT2D eigenvalue weighted by molar-refractivity contribution is 5.14. The minimum absolute atomic E-state index is 0.323. The zero-order valence-electron chi connectivity index (χ0n) is 8.24. The zero-order valence-corrected chi connectivity index (χ0v) is 8.24. The molecule has 0 aliphatic heterocycles. The van der Waals surface area contributed by atoms with Gasteiger partial charge in [0, 0.05) is 6.61 Å². The van der Waals surface area contributed by atoms with Gasteiger partial charge in [0.25, 0.3) is 0 Å². The van der Waals surface area contributed by atoms with Gasteiger partial charge < -0.3 is 5.11 Å². The van der Waals surface area contributed by atoms with Crippen LogP contribution < -0.4 is 0 Å². The van der Waals surface area contributed by atoms with Crippen molar-refractivity contribution < 1.29 is 5.11 Å². The van der Waals surface area contributed by atoms with Crippen LogP contribution in [0.15, 0.2) is 30.3 Å². The summed E-state index contributed by atoms with van der Waals surface area (Å²) in [4.78, 5) is 0. The van der Waals surface area contributed by atoms with E-state index in [1.165, 1.54) is 5.56 Å². The number of aryl methyl sites for hydroxylation is 1. The molecule has 0 fully saturated rings. The fraction of sp³-hybridized carbons (Fsp3) is 0.500. The van der Waals surface area contributed by atoms with Crippen molar-refractivity contribution in [1.82, 2.24) is 0 Å². The minimum atomic E-state index is 0.323. The van der Waals surface area contributed by atoms with E-state index in [-0.39, 0.29) is 0 Å². The molecule has 0 aliphatic carbocycles. The van der Waals surface area contributed by atoms with Crippen LogP contribution in [0.1, 0.15) is 25.3 Å². The molecule has 0 amide bonds. The molecule has 0 saturated carbocycles. The van der Waals surface area contributed by atoms with Crippen LogP contribution in [0.5, 0.6) is 0 Å². The van der Waals surface area contributed by atoms with Gasteiger partial charge in [0.2, 0.25) is 0 Å². The van der Waals surface area contributed by atoms with Crippen molar-refractivity contribution in [3.05, 3.63) is 35.9 Å². The second kappa shape index (κ2) is 5.76. The monoisotopic (exact) mass is 178 g/mol. The van der Waals surface area contributed by atoms with Crippen LogP contribution in [-0.4, -0.2) is 11.7 Å². The minimum Gasteiger partial charge on any atom is -0.396 e. The van der Waals surface area contributed by atoms with E-state index in [0.717, 1.165) is 19.3 Å². The first-order valence-electron chi connectivity index (χ1n) is 5.01. The van der Waals surface area contributed by atoms with Crippen molar-refractivity contribution in [2.75, 3.05) is 6.61 Å². The van der Waals surface area contributed by atoms with Crippen LogP contribution in [0.25, 0.3) is 0 Å². The first-order chi connectivity index (χ1) is 6.36. The lowest BCUT2D eigenvalue weighted by Gasteiger charge is -2.10. The molecular formula is C12H18O. The van der Waals surface area contributed by atoms with Gasteiger partial charge in [0.15, 0.2) is 0 Å². The van der Waals surface area contributed by atoms with E-state index in [2.05, 4.69) is 31.2 Å². The quantitative estimate of drug-likeness (QED) is 0.735. The van der Waals surface area contributed by atoms with Crippen LogP contribution in [0.4, 0.5) is 0 Å². The molecular weight excluding hydrogens is 160 g/mol. The van der Waals surface area contributed by atoms with E-state index in [0.29, 0.717) is 12.5 Å². The molecule has 0 spiro atoms. The Bertz CT molecular complexity index is 214.